The second kappa shape index (κ2) is 8.99. The van der Waals surface area contributed by atoms with Crippen LogP contribution in [0.1, 0.15) is 29.1 Å². The Hall–Kier alpha value is -2.70. The quantitative estimate of drug-likeness (QED) is 0.637. The Balaban J connectivity index is 1.67. The SMILES string of the molecule is COc1ccc(-c2nc(C)c(C(C)NC(=O)[C@@H](N)Cc3ccccc3)s2)cc1. The molecule has 6 heteroatoms. The van der Waals surface area contributed by atoms with Gasteiger partial charge in [-0.15, -0.1) is 11.3 Å². The van der Waals surface area contributed by atoms with Crippen molar-refractivity contribution in [1.82, 2.24) is 10.3 Å². The molecule has 3 aromatic rings. The van der Waals surface area contributed by atoms with Gasteiger partial charge in [-0.2, -0.15) is 0 Å². The molecular weight excluding hydrogens is 370 g/mol. The van der Waals surface area contributed by atoms with Crippen molar-refractivity contribution in [1.29, 1.82) is 0 Å². The second-order valence-corrected chi connectivity index (χ2v) is 7.75. The number of nitrogens with one attached hydrogen (secondary N) is 1. The molecule has 2 aromatic carbocycles. The molecule has 0 aliphatic carbocycles. The molecule has 2 atom stereocenters. The van der Waals surface area contributed by atoms with E-state index in [0.717, 1.165) is 32.5 Å². The van der Waals surface area contributed by atoms with Crippen molar-refractivity contribution in [2.24, 2.45) is 5.73 Å². The summed E-state index contributed by atoms with van der Waals surface area (Å²) in [6.45, 7) is 3.93. The largest absolute Gasteiger partial charge is 0.497 e. The Morgan fingerprint density at radius 1 is 1.18 bits per heavy atom. The van der Waals surface area contributed by atoms with E-state index in [1.54, 1.807) is 18.4 Å². The van der Waals surface area contributed by atoms with Gasteiger partial charge in [0.15, 0.2) is 0 Å². The Labute approximate surface area is 169 Å². The standard InChI is InChI=1S/C22H25N3O2S/c1-14(24-21(26)19(23)13-16-7-5-4-6-8-16)20-15(2)25-22(28-20)17-9-11-18(27-3)12-10-17/h4-12,14,19H,13,23H2,1-3H3,(H,24,26)/t14?,19-/m0/s1. The van der Waals surface area contributed by atoms with E-state index in [-0.39, 0.29) is 11.9 Å². The predicted octanol–water partition coefficient (Wildman–Crippen LogP) is 3.87. The summed E-state index contributed by atoms with van der Waals surface area (Å²) >= 11 is 1.58. The van der Waals surface area contributed by atoms with E-state index in [1.165, 1.54) is 0 Å². The third-order valence-corrected chi connectivity index (χ3v) is 5.95. The Morgan fingerprint density at radius 2 is 1.86 bits per heavy atom. The highest BCUT2D eigenvalue weighted by atomic mass is 32.1. The minimum Gasteiger partial charge on any atom is -0.497 e. The molecule has 0 bridgehead atoms. The van der Waals surface area contributed by atoms with Crippen molar-refractivity contribution < 1.29 is 9.53 Å². The van der Waals surface area contributed by atoms with Crippen LogP contribution in [0.25, 0.3) is 10.6 Å². The minimum atomic E-state index is -0.584. The molecule has 0 saturated heterocycles. The van der Waals surface area contributed by atoms with Crippen molar-refractivity contribution in [3.8, 4) is 16.3 Å². The number of aromatic nitrogens is 1. The molecule has 146 valence electrons. The first kappa shape index (κ1) is 20.0. The van der Waals surface area contributed by atoms with Gasteiger partial charge in [-0.1, -0.05) is 30.3 Å². The fourth-order valence-electron chi connectivity index (χ4n) is 3.01. The lowest BCUT2D eigenvalue weighted by molar-refractivity contribution is -0.122. The summed E-state index contributed by atoms with van der Waals surface area (Å²) in [5.41, 5.74) is 9.09. The Kier molecular flexibility index (Phi) is 6.44. The van der Waals surface area contributed by atoms with Crippen molar-refractivity contribution in [2.45, 2.75) is 32.4 Å². The van der Waals surface area contributed by atoms with Crippen LogP contribution in [0.15, 0.2) is 54.6 Å². The number of thiazole rings is 1. The number of amides is 1. The number of aryl methyl sites for hydroxylation is 1. The summed E-state index contributed by atoms with van der Waals surface area (Å²) in [4.78, 5) is 18.2. The van der Waals surface area contributed by atoms with Gasteiger partial charge in [-0.05, 0) is 50.1 Å². The van der Waals surface area contributed by atoms with Crippen LogP contribution in [0.5, 0.6) is 5.75 Å². The third kappa shape index (κ3) is 4.77. The lowest BCUT2D eigenvalue weighted by atomic mass is 10.1. The minimum absolute atomic E-state index is 0.154. The normalized spacial score (nSPS) is 13.0. The number of hydrogen-bond donors (Lipinski definition) is 2. The van der Waals surface area contributed by atoms with Crippen LogP contribution >= 0.6 is 11.3 Å². The van der Waals surface area contributed by atoms with Gasteiger partial charge in [-0.25, -0.2) is 4.98 Å². The fourth-order valence-corrected chi connectivity index (χ4v) is 4.09. The van der Waals surface area contributed by atoms with E-state index in [4.69, 9.17) is 10.5 Å². The van der Waals surface area contributed by atoms with Gasteiger partial charge >= 0.3 is 0 Å². The molecule has 0 radical (unpaired) electrons. The highest BCUT2D eigenvalue weighted by molar-refractivity contribution is 7.15. The Bertz CT molecular complexity index is 923. The van der Waals surface area contributed by atoms with Crippen LogP contribution in [0.4, 0.5) is 0 Å². The zero-order chi connectivity index (χ0) is 20.1. The van der Waals surface area contributed by atoms with Gasteiger partial charge in [0.1, 0.15) is 10.8 Å². The molecule has 28 heavy (non-hydrogen) atoms. The van der Waals surface area contributed by atoms with E-state index < -0.39 is 6.04 Å². The first-order chi connectivity index (χ1) is 13.5. The molecule has 5 nitrogen and oxygen atoms in total. The topological polar surface area (TPSA) is 77.2 Å². The molecule has 1 heterocycles. The van der Waals surface area contributed by atoms with Crippen LogP contribution in [0.3, 0.4) is 0 Å². The number of carbonyl (C=O) groups is 1. The molecule has 0 aliphatic rings. The van der Waals surface area contributed by atoms with Crippen LogP contribution in [-0.2, 0) is 11.2 Å². The van der Waals surface area contributed by atoms with Gasteiger partial charge in [-0.3, -0.25) is 4.79 Å². The average molecular weight is 396 g/mol. The van der Waals surface area contributed by atoms with Gasteiger partial charge in [0.25, 0.3) is 0 Å². The molecule has 0 saturated carbocycles. The van der Waals surface area contributed by atoms with Crippen LogP contribution in [0.2, 0.25) is 0 Å². The van der Waals surface area contributed by atoms with Crippen molar-refractivity contribution in [3.05, 3.63) is 70.7 Å². The van der Waals surface area contributed by atoms with Crippen LogP contribution < -0.4 is 15.8 Å². The second-order valence-electron chi connectivity index (χ2n) is 6.72. The molecular formula is C22H25N3O2S. The summed E-state index contributed by atoms with van der Waals surface area (Å²) < 4.78 is 5.20. The first-order valence-corrected chi connectivity index (χ1v) is 10.0. The highest BCUT2D eigenvalue weighted by Crippen LogP contribution is 2.32. The maximum absolute atomic E-state index is 12.5. The highest BCUT2D eigenvalue weighted by Gasteiger charge is 2.20. The van der Waals surface area contributed by atoms with Gasteiger partial charge in [0.05, 0.1) is 29.8 Å². The van der Waals surface area contributed by atoms with E-state index in [0.29, 0.717) is 6.42 Å². The molecule has 0 spiro atoms. The summed E-state index contributed by atoms with van der Waals surface area (Å²) in [5.74, 6) is 0.653. The summed E-state index contributed by atoms with van der Waals surface area (Å²) in [6, 6.07) is 16.9. The number of rotatable bonds is 7. The third-order valence-electron chi connectivity index (χ3n) is 4.56. The summed E-state index contributed by atoms with van der Waals surface area (Å²) in [7, 11) is 1.65. The van der Waals surface area contributed by atoms with Crippen molar-refractivity contribution in [3.63, 3.8) is 0 Å². The zero-order valence-electron chi connectivity index (χ0n) is 16.3. The van der Waals surface area contributed by atoms with Crippen molar-refractivity contribution >= 4 is 17.2 Å². The Morgan fingerprint density at radius 3 is 2.50 bits per heavy atom. The van der Waals surface area contributed by atoms with E-state index in [1.807, 2.05) is 68.4 Å². The first-order valence-electron chi connectivity index (χ1n) is 9.19. The monoisotopic (exact) mass is 395 g/mol. The van der Waals surface area contributed by atoms with Gasteiger partial charge in [0.2, 0.25) is 5.91 Å². The molecule has 0 aliphatic heterocycles. The number of carbonyl (C=O) groups excluding carboxylic acids is 1. The lowest BCUT2D eigenvalue weighted by Gasteiger charge is -2.17. The average Bonchev–Trinajstić information content (AvgIpc) is 3.10. The zero-order valence-corrected chi connectivity index (χ0v) is 17.1. The molecule has 3 rings (SSSR count). The number of nitrogens with zero attached hydrogens (tertiary/aromatic N) is 1. The lowest BCUT2D eigenvalue weighted by Crippen LogP contribution is -2.42. The maximum atomic E-state index is 12.5. The smallest absolute Gasteiger partial charge is 0.237 e. The molecule has 3 N–H and O–H groups in total. The van der Waals surface area contributed by atoms with Crippen LogP contribution in [-0.4, -0.2) is 24.0 Å². The van der Waals surface area contributed by atoms with Crippen molar-refractivity contribution in [2.75, 3.05) is 7.11 Å². The van der Waals surface area contributed by atoms with Gasteiger partial charge in [0, 0.05) is 5.56 Å². The molecule has 1 amide bonds. The van der Waals surface area contributed by atoms with E-state index >= 15 is 0 Å². The van der Waals surface area contributed by atoms with E-state index in [9.17, 15) is 4.79 Å². The molecule has 0 fully saturated rings. The molecule has 1 aromatic heterocycles. The number of hydrogen-bond acceptors (Lipinski definition) is 5. The molecule has 1 unspecified atom stereocenters. The van der Waals surface area contributed by atoms with E-state index in [2.05, 4.69) is 10.3 Å². The van der Waals surface area contributed by atoms with Crippen LogP contribution in [0, 0.1) is 6.92 Å². The number of benzene rings is 2. The number of methoxy groups -OCH3 is 1. The summed E-state index contributed by atoms with van der Waals surface area (Å²) in [6.07, 6.45) is 0.512. The predicted molar refractivity (Wildman–Crippen MR) is 114 cm³/mol. The number of nitrogens with two attached hydrogens (primary N) is 1. The maximum Gasteiger partial charge on any atom is 0.237 e. The summed E-state index contributed by atoms with van der Waals surface area (Å²) in [5, 5.41) is 3.95. The fraction of sp³-hybridized carbons (Fsp3) is 0.273. The number of ether oxygens (including phenoxy) is 1. The van der Waals surface area contributed by atoms with Gasteiger partial charge < -0.3 is 15.8 Å².